The zero-order chi connectivity index (χ0) is 18.0. The molecule has 1 saturated heterocycles. The zero-order valence-electron chi connectivity index (χ0n) is 15.4. The lowest BCUT2D eigenvalue weighted by Gasteiger charge is -2.38. The molecular formula is C21H28N4O. The highest BCUT2D eigenvalue weighted by Crippen LogP contribution is 2.37. The molecule has 3 N–H and O–H groups in total. The van der Waals surface area contributed by atoms with E-state index in [-0.39, 0.29) is 5.41 Å². The van der Waals surface area contributed by atoms with E-state index in [1.54, 1.807) is 0 Å². The lowest BCUT2D eigenvalue weighted by molar-refractivity contribution is 0.0543. The summed E-state index contributed by atoms with van der Waals surface area (Å²) in [5.41, 5.74) is 8.55. The Kier molecular flexibility index (Phi) is 4.92. The highest BCUT2D eigenvalue weighted by Gasteiger charge is 2.34. The first-order valence-electron chi connectivity index (χ1n) is 9.63. The largest absolute Gasteiger partial charge is 0.381 e. The number of hydrogen-bond donors (Lipinski definition) is 2. The topological polar surface area (TPSA) is 73.1 Å². The SMILES string of the molecule is Cc1nc(NCC2(c3ccccc3)CCOCC2)cc(C2CC(N)C2)n1. The molecule has 5 heteroatoms. The first-order valence-corrected chi connectivity index (χ1v) is 9.63. The summed E-state index contributed by atoms with van der Waals surface area (Å²) in [6.45, 7) is 4.45. The number of anilines is 1. The van der Waals surface area contributed by atoms with Gasteiger partial charge in [0.2, 0.25) is 0 Å². The molecule has 1 saturated carbocycles. The van der Waals surface area contributed by atoms with E-state index in [1.165, 1.54) is 5.56 Å². The van der Waals surface area contributed by atoms with Crippen LogP contribution in [0.4, 0.5) is 5.82 Å². The second kappa shape index (κ2) is 7.33. The molecule has 5 nitrogen and oxygen atoms in total. The summed E-state index contributed by atoms with van der Waals surface area (Å²) in [4.78, 5) is 9.25. The molecule has 138 valence electrons. The van der Waals surface area contributed by atoms with E-state index in [4.69, 9.17) is 10.5 Å². The lowest BCUT2D eigenvalue weighted by atomic mass is 9.74. The third-order valence-corrected chi connectivity index (χ3v) is 5.89. The Morgan fingerprint density at radius 2 is 1.88 bits per heavy atom. The van der Waals surface area contributed by atoms with E-state index < -0.39 is 0 Å². The lowest BCUT2D eigenvalue weighted by Crippen LogP contribution is -2.40. The van der Waals surface area contributed by atoms with Crippen molar-refractivity contribution in [3.63, 3.8) is 0 Å². The van der Waals surface area contributed by atoms with Crippen LogP contribution < -0.4 is 11.1 Å². The van der Waals surface area contributed by atoms with E-state index in [1.807, 2.05) is 6.92 Å². The first-order chi connectivity index (χ1) is 12.6. The van der Waals surface area contributed by atoms with Crippen molar-refractivity contribution < 1.29 is 4.74 Å². The highest BCUT2D eigenvalue weighted by molar-refractivity contribution is 5.40. The minimum atomic E-state index is 0.0946. The monoisotopic (exact) mass is 352 g/mol. The molecule has 0 bridgehead atoms. The average molecular weight is 352 g/mol. The molecule has 0 unspecified atom stereocenters. The molecule has 2 aliphatic rings. The van der Waals surface area contributed by atoms with E-state index in [0.29, 0.717) is 12.0 Å². The van der Waals surface area contributed by atoms with Crippen LogP contribution in [0.1, 0.15) is 48.7 Å². The Hall–Kier alpha value is -1.98. The predicted molar refractivity (Wildman–Crippen MR) is 103 cm³/mol. The second-order valence-electron chi connectivity index (χ2n) is 7.77. The number of rotatable bonds is 5. The molecule has 0 radical (unpaired) electrons. The fourth-order valence-electron chi connectivity index (χ4n) is 4.17. The van der Waals surface area contributed by atoms with Gasteiger partial charge in [-0.05, 0) is 38.2 Å². The maximum atomic E-state index is 5.95. The number of ether oxygens (including phenoxy) is 1. The van der Waals surface area contributed by atoms with Crippen molar-refractivity contribution in [1.29, 1.82) is 0 Å². The van der Waals surface area contributed by atoms with Crippen LogP contribution in [0.3, 0.4) is 0 Å². The molecule has 1 aromatic heterocycles. The molecule has 2 aromatic rings. The summed E-state index contributed by atoms with van der Waals surface area (Å²) in [5, 5.41) is 3.61. The van der Waals surface area contributed by atoms with Crippen molar-refractivity contribution in [3.05, 3.63) is 53.5 Å². The van der Waals surface area contributed by atoms with Gasteiger partial charge in [-0.2, -0.15) is 0 Å². The molecule has 0 amide bonds. The minimum absolute atomic E-state index is 0.0946. The number of hydrogen-bond acceptors (Lipinski definition) is 5. The second-order valence-corrected chi connectivity index (χ2v) is 7.77. The standard InChI is InChI=1S/C21H28N4O/c1-15-24-19(16-11-18(22)12-16)13-20(25-15)23-14-21(7-9-26-10-8-21)17-5-3-2-4-6-17/h2-6,13,16,18H,7-12,14,22H2,1H3,(H,23,24,25). The molecular weight excluding hydrogens is 324 g/mol. The Morgan fingerprint density at radius 1 is 1.15 bits per heavy atom. The van der Waals surface area contributed by atoms with Gasteiger partial charge in [0, 0.05) is 48.9 Å². The van der Waals surface area contributed by atoms with Gasteiger partial charge in [0.1, 0.15) is 11.6 Å². The summed E-state index contributed by atoms with van der Waals surface area (Å²) in [7, 11) is 0. The van der Waals surface area contributed by atoms with Gasteiger partial charge in [-0.3, -0.25) is 0 Å². The van der Waals surface area contributed by atoms with Gasteiger partial charge in [0.15, 0.2) is 0 Å². The normalized spacial score (nSPS) is 24.7. The molecule has 1 aliphatic carbocycles. The van der Waals surface area contributed by atoms with Crippen molar-refractivity contribution in [2.24, 2.45) is 5.73 Å². The van der Waals surface area contributed by atoms with Crippen molar-refractivity contribution >= 4 is 5.82 Å². The summed E-state index contributed by atoms with van der Waals surface area (Å²) >= 11 is 0. The van der Waals surface area contributed by atoms with E-state index in [0.717, 1.165) is 62.8 Å². The average Bonchev–Trinajstić information content (AvgIpc) is 2.65. The van der Waals surface area contributed by atoms with E-state index in [2.05, 4.69) is 51.7 Å². The van der Waals surface area contributed by atoms with Crippen molar-refractivity contribution in [2.75, 3.05) is 25.1 Å². The van der Waals surface area contributed by atoms with Crippen LogP contribution in [0.15, 0.2) is 36.4 Å². The smallest absolute Gasteiger partial charge is 0.129 e. The van der Waals surface area contributed by atoms with Gasteiger partial charge in [0.25, 0.3) is 0 Å². The molecule has 1 aliphatic heterocycles. The van der Waals surface area contributed by atoms with Crippen molar-refractivity contribution in [2.45, 2.75) is 50.0 Å². The van der Waals surface area contributed by atoms with Crippen LogP contribution in [-0.2, 0) is 10.2 Å². The quantitative estimate of drug-likeness (QED) is 0.865. The highest BCUT2D eigenvalue weighted by atomic mass is 16.5. The number of aryl methyl sites for hydroxylation is 1. The van der Waals surface area contributed by atoms with Gasteiger partial charge in [0.05, 0.1) is 0 Å². The number of benzene rings is 1. The van der Waals surface area contributed by atoms with Gasteiger partial charge >= 0.3 is 0 Å². The Labute approximate surface area is 155 Å². The third-order valence-electron chi connectivity index (χ3n) is 5.89. The first kappa shape index (κ1) is 17.4. The fraction of sp³-hybridized carbons (Fsp3) is 0.524. The van der Waals surface area contributed by atoms with Crippen molar-refractivity contribution in [3.8, 4) is 0 Å². The molecule has 1 aromatic carbocycles. The predicted octanol–water partition coefficient (Wildman–Crippen LogP) is 3.15. The summed E-state index contributed by atoms with van der Waals surface area (Å²) in [6.07, 6.45) is 4.11. The molecule has 2 fully saturated rings. The van der Waals surface area contributed by atoms with Crippen LogP contribution in [0.5, 0.6) is 0 Å². The number of nitrogens with two attached hydrogens (primary N) is 1. The third kappa shape index (κ3) is 3.60. The maximum Gasteiger partial charge on any atom is 0.129 e. The Bertz CT molecular complexity index is 737. The van der Waals surface area contributed by atoms with Crippen molar-refractivity contribution in [1.82, 2.24) is 9.97 Å². The zero-order valence-corrected chi connectivity index (χ0v) is 15.4. The minimum Gasteiger partial charge on any atom is -0.381 e. The van der Waals surface area contributed by atoms with Crippen LogP contribution in [0, 0.1) is 6.92 Å². The summed E-state index contributed by atoms with van der Waals surface area (Å²) in [5.74, 6) is 2.24. The van der Waals surface area contributed by atoms with Gasteiger partial charge in [-0.25, -0.2) is 9.97 Å². The molecule has 26 heavy (non-hydrogen) atoms. The summed E-state index contributed by atoms with van der Waals surface area (Å²) < 4.78 is 5.63. The summed E-state index contributed by atoms with van der Waals surface area (Å²) in [6, 6.07) is 13.2. The maximum absolute atomic E-state index is 5.95. The number of nitrogens with zero attached hydrogens (tertiary/aromatic N) is 2. The van der Waals surface area contributed by atoms with Gasteiger partial charge < -0.3 is 15.8 Å². The Balaban J connectivity index is 1.53. The number of aromatic nitrogens is 2. The molecule has 0 spiro atoms. The van der Waals surface area contributed by atoms with Gasteiger partial charge in [-0.15, -0.1) is 0 Å². The molecule has 4 rings (SSSR count). The van der Waals surface area contributed by atoms with E-state index >= 15 is 0 Å². The van der Waals surface area contributed by atoms with E-state index in [9.17, 15) is 0 Å². The van der Waals surface area contributed by atoms with Crippen LogP contribution in [0.25, 0.3) is 0 Å². The fourth-order valence-corrected chi connectivity index (χ4v) is 4.17. The molecule has 0 atom stereocenters. The molecule has 2 heterocycles. The Morgan fingerprint density at radius 3 is 2.58 bits per heavy atom. The van der Waals surface area contributed by atoms with Crippen LogP contribution in [-0.4, -0.2) is 35.8 Å². The van der Waals surface area contributed by atoms with Crippen LogP contribution >= 0.6 is 0 Å². The van der Waals surface area contributed by atoms with Crippen LogP contribution in [0.2, 0.25) is 0 Å². The number of nitrogens with one attached hydrogen (secondary N) is 1. The van der Waals surface area contributed by atoms with Gasteiger partial charge in [-0.1, -0.05) is 30.3 Å².